The van der Waals surface area contributed by atoms with E-state index in [0.717, 1.165) is 16.0 Å². The van der Waals surface area contributed by atoms with Crippen LogP contribution in [0.3, 0.4) is 0 Å². The first-order chi connectivity index (χ1) is 16.5. The molecule has 34 heavy (non-hydrogen) atoms. The Labute approximate surface area is 202 Å². The van der Waals surface area contributed by atoms with Crippen molar-refractivity contribution in [1.29, 1.82) is 0 Å². The fraction of sp³-hybridized carbons (Fsp3) is 0.143. The van der Waals surface area contributed by atoms with Crippen LogP contribution in [-0.2, 0) is 22.6 Å². The normalized spacial score (nSPS) is 11.6. The van der Waals surface area contributed by atoms with E-state index in [-0.39, 0.29) is 18.2 Å². The Morgan fingerprint density at radius 1 is 0.941 bits per heavy atom. The molecule has 0 radical (unpaired) electrons. The van der Waals surface area contributed by atoms with E-state index >= 15 is 0 Å². The average molecular weight is 473 g/mol. The number of carbonyl (C=O) groups is 2. The number of hydrogen-bond acceptors (Lipinski definition) is 3. The molecule has 4 rings (SSSR count). The second-order valence-electron chi connectivity index (χ2n) is 8.02. The number of aryl methyl sites for hydroxylation is 1. The van der Waals surface area contributed by atoms with Crippen molar-refractivity contribution in [2.45, 2.75) is 25.9 Å². The minimum absolute atomic E-state index is 0.162. The quantitative estimate of drug-likeness (QED) is 0.351. The standard InChI is InChI=1S/C28H25FN2O2S/c1-20-7-5-10-24(17-20)31(26(32)18-25-11-6-16-34-25)27(22-12-14-23(29)15-13-22)28(33)30-19-21-8-3-2-4-9-21/h2-17,27H,18-19H2,1H3,(H,30,33)/t27-/m1/s1. The van der Waals surface area contributed by atoms with Crippen molar-refractivity contribution in [1.82, 2.24) is 5.32 Å². The van der Waals surface area contributed by atoms with E-state index in [2.05, 4.69) is 5.32 Å². The van der Waals surface area contributed by atoms with Gasteiger partial charge in [0.05, 0.1) is 6.42 Å². The molecule has 1 aromatic heterocycles. The van der Waals surface area contributed by atoms with Crippen molar-refractivity contribution >= 4 is 28.8 Å². The fourth-order valence-corrected chi connectivity index (χ4v) is 4.50. The summed E-state index contributed by atoms with van der Waals surface area (Å²) in [5, 5.41) is 4.89. The van der Waals surface area contributed by atoms with Crippen molar-refractivity contribution in [3.8, 4) is 0 Å². The molecular formula is C28H25FN2O2S. The van der Waals surface area contributed by atoms with Gasteiger partial charge >= 0.3 is 0 Å². The van der Waals surface area contributed by atoms with E-state index in [1.807, 2.05) is 79.0 Å². The molecule has 4 aromatic rings. The summed E-state index contributed by atoms with van der Waals surface area (Å²) in [6.07, 6.45) is 0.162. The number of nitrogens with one attached hydrogen (secondary N) is 1. The van der Waals surface area contributed by atoms with Crippen LogP contribution in [0.1, 0.15) is 27.6 Å². The summed E-state index contributed by atoms with van der Waals surface area (Å²) in [4.78, 5) is 29.7. The van der Waals surface area contributed by atoms with Crippen molar-refractivity contribution in [2.24, 2.45) is 0 Å². The van der Waals surface area contributed by atoms with Gasteiger partial charge in [0, 0.05) is 17.1 Å². The Hall–Kier alpha value is -3.77. The number of hydrogen-bond donors (Lipinski definition) is 1. The van der Waals surface area contributed by atoms with E-state index in [0.29, 0.717) is 17.8 Å². The molecule has 2 amide bonds. The molecule has 0 saturated carbocycles. The summed E-state index contributed by atoms with van der Waals surface area (Å²) in [5.41, 5.74) is 3.06. The molecule has 0 unspecified atom stereocenters. The maximum absolute atomic E-state index is 13.7. The SMILES string of the molecule is Cc1cccc(N(C(=O)Cc2cccs2)[C@@H](C(=O)NCc2ccccc2)c2ccc(F)cc2)c1. The summed E-state index contributed by atoms with van der Waals surface area (Å²) in [5.74, 6) is -0.951. The summed E-state index contributed by atoms with van der Waals surface area (Å²) < 4.78 is 13.7. The molecule has 172 valence electrons. The van der Waals surface area contributed by atoms with Gasteiger partial charge in [-0.15, -0.1) is 11.3 Å². The van der Waals surface area contributed by atoms with Crippen LogP contribution in [0.4, 0.5) is 10.1 Å². The molecule has 0 fully saturated rings. The maximum Gasteiger partial charge on any atom is 0.248 e. The van der Waals surface area contributed by atoms with Crippen LogP contribution in [0.5, 0.6) is 0 Å². The van der Waals surface area contributed by atoms with Gasteiger partial charge in [-0.2, -0.15) is 0 Å². The van der Waals surface area contributed by atoms with Crippen molar-refractivity contribution < 1.29 is 14.0 Å². The van der Waals surface area contributed by atoms with Crippen LogP contribution in [-0.4, -0.2) is 11.8 Å². The summed E-state index contributed by atoms with van der Waals surface area (Å²) in [6, 6.07) is 25.7. The number of benzene rings is 3. The Kier molecular flexibility index (Phi) is 7.50. The van der Waals surface area contributed by atoms with Crippen molar-refractivity contribution in [2.75, 3.05) is 4.90 Å². The predicted molar refractivity (Wildman–Crippen MR) is 134 cm³/mol. The average Bonchev–Trinajstić information content (AvgIpc) is 3.35. The van der Waals surface area contributed by atoms with Crippen molar-refractivity contribution in [3.63, 3.8) is 0 Å². The lowest BCUT2D eigenvalue weighted by molar-refractivity contribution is -0.126. The number of nitrogens with zero attached hydrogens (tertiary/aromatic N) is 1. The second kappa shape index (κ2) is 10.9. The van der Waals surface area contributed by atoms with Gasteiger partial charge in [0.15, 0.2) is 0 Å². The minimum atomic E-state index is -0.960. The third-order valence-corrected chi connectivity index (χ3v) is 6.33. The van der Waals surface area contributed by atoms with Gasteiger partial charge in [-0.1, -0.05) is 60.7 Å². The van der Waals surface area contributed by atoms with Crippen LogP contribution in [0.15, 0.2) is 96.4 Å². The molecule has 1 N–H and O–H groups in total. The lowest BCUT2D eigenvalue weighted by atomic mass is 10.0. The Bertz CT molecular complexity index is 1240. The molecule has 0 aliphatic heterocycles. The predicted octanol–water partition coefficient (Wildman–Crippen LogP) is 5.83. The van der Waals surface area contributed by atoms with Gasteiger partial charge in [0.2, 0.25) is 11.8 Å². The molecule has 0 spiro atoms. The van der Waals surface area contributed by atoms with E-state index in [1.165, 1.54) is 28.4 Å². The highest BCUT2D eigenvalue weighted by molar-refractivity contribution is 7.10. The molecule has 0 aliphatic rings. The van der Waals surface area contributed by atoms with E-state index < -0.39 is 11.9 Å². The van der Waals surface area contributed by atoms with Gasteiger partial charge in [-0.25, -0.2) is 4.39 Å². The van der Waals surface area contributed by atoms with Crippen LogP contribution < -0.4 is 10.2 Å². The van der Waals surface area contributed by atoms with Gasteiger partial charge in [0.1, 0.15) is 11.9 Å². The first-order valence-electron chi connectivity index (χ1n) is 11.0. The number of amides is 2. The highest BCUT2D eigenvalue weighted by Gasteiger charge is 2.33. The second-order valence-corrected chi connectivity index (χ2v) is 9.05. The molecule has 0 bridgehead atoms. The number of halogens is 1. The molecule has 3 aromatic carbocycles. The van der Waals surface area contributed by atoms with E-state index in [1.54, 1.807) is 12.1 Å². The number of thiophene rings is 1. The molecule has 0 saturated heterocycles. The Morgan fingerprint density at radius 2 is 1.71 bits per heavy atom. The molecule has 1 heterocycles. The first kappa shape index (κ1) is 23.4. The summed E-state index contributed by atoms with van der Waals surface area (Å²) in [7, 11) is 0. The number of carbonyl (C=O) groups excluding carboxylic acids is 2. The van der Waals surface area contributed by atoms with Crippen molar-refractivity contribution in [3.05, 3.63) is 124 Å². The van der Waals surface area contributed by atoms with Crippen LogP contribution in [0.2, 0.25) is 0 Å². The summed E-state index contributed by atoms with van der Waals surface area (Å²) in [6.45, 7) is 2.26. The van der Waals surface area contributed by atoms with Gasteiger partial charge < -0.3 is 5.32 Å². The topological polar surface area (TPSA) is 49.4 Å². The number of anilines is 1. The molecule has 6 heteroatoms. The molecule has 1 atom stereocenters. The van der Waals surface area contributed by atoms with Gasteiger partial charge in [0.25, 0.3) is 0 Å². The third-order valence-electron chi connectivity index (χ3n) is 5.46. The summed E-state index contributed by atoms with van der Waals surface area (Å²) >= 11 is 1.49. The largest absolute Gasteiger partial charge is 0.350 e. The van der Waals surface area contributed by atoms with E-state index in [4.69, 9.17) is 0 Å². The molecule has 0 aliphatic carbocycles. The van der Waals surface area contributed by atoms with Crippen LogP contribution >= 0.6 is 11.3 Å². The molecule has 4 nitrogen and oxygen atoms in total. The minimum Gasteiger partial charge on any atom is -0.350 e. The maximum atomic E-state index is 13.7. The fourth-order valence-electron chi connectivity index (χ4n) is 3.81. The molecular weight excluding hydrogens is 447 g/mol. The lowest BCUT2D eigenvalue weighted by Gasteiger charge is -2.32. The lowest BCUT2D eigenvalue weighted by Crippen LogP contribution is -2.44. The highest BCUT2D eigenvalue weighted by atomic mass is 32.1. The zero-order valence-corrected chi connectivity index (χ0v) is 19.6. The third kappa shape index (κ3) is 5.77. The zero-order chi connectivity index (χ0) is 23.9. The van der Waals surface area contributed by atoms with Crippen LogP contribution in [0, 0.1) is 12.7 Å². The van der Waals surface area contributed by atoms with E-state index in [9.17, 15) is 14.0 Å². The highest BCUT2D eigenvalue weighted by Crippen LogP contribution is 2.30. The van der Waals surface area contributed by atoms with Gasteiger partial charge in [-0.3, -0.25) is 14.5 Å². The first-order valence-corrected chi connectivity index (χ1v) is 11.9. The zero-order valence-electron chi connectivity index (χ0n) is 18.8. The number of rotatable bonds is 8. The monoisotopic (exact) mass is 472 g/mol. The Balaban J connectivity index is 1.73. The van der Waals surface area contributed by atoms with Crippen LogP contribution in [0.25, 0.3) is 0 Å². The van der Waals surface area contributed by atoms with Gasteiger partial charge in [-0.05, 0) is 59.3 Å². The Morgan fingerprint density at radius 3 is 2.38 bits per heavy atom. The smallest absolute Gasteiger partial charge is 0.248 e.